The van der Waals surface area contributed by atoms with Crippen LogP contribution in [-0.4, -0.2) is 20.6 Å². The zero-order valence-electron chi connectivity index (χ0n) is 14.4. The first-order valence-electron chi connectivity index (χ1n) is 8.01. The normalized spacial score (nSPS) is 11.2. The third-order valence-electron chi connectivity index (χ3n) is 3.66. The van der Waals surface area contributed by atoms with Crippen molar-refractivity contribution in [2.24, 2.45) is 0 Å². The molecule has 140 valence electrons. The molecule has 0 fully saturated rings. The lowest BCUT2D eigenvalue weighted by molar-refractivity contribution is 0.0948. The second kappa shape index (κ2) is 7.85. The van der Waals surface area contributed by atoms with E-state index in [1.807, 2.05) is 18.2 Å². The SMILES string of the molecule is CS(=O)(=O)Nc1ccc(C(=O)NCc2ccc(-c3ccc(Cl)cc3)o2)cc1. The van der Waals surface area contributed by atoms with Crippen LogP contribution >= 0.6 is 11.6 Å². The van der Waals surface area contributed by atoms with Crippen LogP contribution in [-0.2, 0) is 16.6 Å². The predicted octanol–water partition coefficient (Wildman–Crippen LogP) is 3.90. The smallest absolute Gasteiger partial charge is 0.251 e. The van der Waals surface area contributed by atoms with Crippen LogP contribution in [0.5, 0.6) is 0 Å². The Labute approximate surface area is 162 Å². The summed E-state index contributed by atoms with van der Waals surface area (Å²) in [7, 11) is -3.35. The molecule has 8 heteroatoms. The van der Waals surface area contributed by atoms with Gasteiger partial charge in [0.2, 0.25) is 10.0 Å². The Balaban J connectivity index is 1.60. The van der Waals surface area contributed by atoms with Crippen molar-refractivity contribution >= 4 is 33.2 Å². The summed E-state index contributed by atoms with van der Waals surface area (Å²) in [5, 5.41) is 3.41. The molecule has 1 heterocycles. The van der Waals surface area contributed by atoms with Crippen molar-refractivity contribution in [3.63, 3.8) is 0 Å². The lowest BCUT2D eigenvalue weighted by Gasteiger charge is -2.06. The van der Waals surface area contributed by atoms with Gasteiger partial charge in [-0.3, -0.25) is 9.52 Å². The van der Waals surface area contributed by atoms with Crippen molar-refractivity contribution in [2.75, 3.05) is 11.0 Å². The molecular formula is C19H17ClN2O4S. The van der Waals surface area contributed by atoms with Gasteiger partial charge in [-0.05, 0) is 60.7 Å². The molecule has 0 aliphatic carbocycles. The maximum atomic E-state index is 12.2. The van der Waals surface area contributed by atoms with Crippen molar-refractivity contribution in [1.82, 2.24) is 5.32 Å². The predicted molar refractivity (Wildman–Crippen MR) is 105 cm³/mol. The van der Waals surface area contributed by atoms with E-state index in [1.165, 1.54) is 12.1 Å². The first-order valence-corrected chi connectivity index (χ1v) is 10.3. The molecule has 0 aliphatic heterocycles. The minimum Gasteiger partial charge on any atom is -0.459 e. The second-order valence-corrected chi connectivity index (χ2v) is 8.09. The van der Waals surface area contributed by atoms with Crippen LogP contribution in [0.25, 0.3) is 11.3 Å². The van der Waals surface area contributed by atoms with Gasteiger partial charge in [-0.1, -0.05) is 11.6 Å². The zero-order chi connectivity index (χ0) is 19.4. The van der Waals surface area contributed by atoms with Crippen molar-refractivity contribution in [3.05, 3.63) is 77.0 Å². The second-order valence-electron chi connectivity index (χ2n) is 5.91. The highest BCUT2D eigenvalue weighted by Crippen LogP contribution is 2.23. The average Bonchev–Trinajstić information content (AvgIpc) is 3.08. The van der Waals surface area contributed by atoms with Crippen molar-refractivity contribution < 1.29 is 17.6 Å². The Hall–Kier alpha value is -2.77. The summed E-state index contributed by atoms with van der Waals surface area (Å²) >= 11 is 5.88. The van der Waals surface area contributed by atoms with Gasteiger partial charge in [0.1, 0.15) is 11.5 Å². The van der Waals surface area contributed by atoms with Gasteiger partial charge >= 0.3 is 0 Å². The van der Waals surface area contributed by atoms with Crippen LogP contribution in [0.2, 0.25) is 5.02 Å². The Morgan fingerprint density at radius 3 is 2.30 bits per heavy atom. The van der Waals surface area contributed by atoms with E-state index in [0.29, 0.717) is 27.8 Å². The summed E-state index contributed by atoms with van der Waals surface area (Å²) in [5.41, 5.74) is 1.71. The summed E-state index contributed by atoms with van der Waals surface area (Å²) in [6.07, 6.45) is 1.06. The van der Waals surface area contributed by atoms with Crippen LogP contribution in [0, 0.1) is 0 Å². The van der Waals surface area contributed by atoms with Crippen LogP contribution in [0.1, 0.15) is 16.1 Å². The molecule has 1 amide bonds. The minimum atomic E-state index is -3.35. The van der Waals surface area contributed by atoms with Gasteiger partial charge in [0.05, 0.1) is 12.8 Å². The third kappa shape index (κ3) is 5.35. The van der Waals surface area contributed by atoms with E-state index in [4.69, 9.17) is 16.0 Å². The number of halogens is 1. The molecule has 3 rings (SSSR count). The molecule has 1 aromatic heterocycles. The van der Waals surface area contributed by atoms with Crippen LogP contribution in [0.4, 0.5) is 5.69 Å². The van der Waals surface area contributed by atoms with Gasteiger partial charge in [-0.15, -0.1) is 0 Å². The lowest BCUT2D eigenvalue weighted by atomic mass is 10.2. The fourth-order valence-electron chi connectivity index (χ4n) is 2.42. The molecule has 0 aliphatic rings. The van der Waals surface area contributed by atoms with Crippen molar-refractivity contribution in [3.8, 4) is 11.3 Å². The number of anilines is 1. The number of carbonyl (C=O) groups is 1. The van der Waals surface area contributed by atoms with Crippen LogP contribution in [0.15, 0.2) is 65.1 Å². The molecule has 0 bridgehead atoms. The molecule has 0 saturated heterocycles. The Bertz CT molecular complexity index is 1040. The Kier molecular flexibility index (Phi) is 5.53. The summed E-state index contributed by atoms with van der Waals surface area (Å²) < 4.78 is 30.5. The standard InChI is InChI=1S/C19H17ClN2O4S/c1-27(24,25)22-16-8-4-14(5-9-16)19(23)21-12-17-10-11-18(26-17)13-2-6-15(20)7-3-13/h2-11,22H,12H2,1H3,(H,21,23). The zero-order valence-corrected chi connectivity index (χ0v) is 16.0. The van der Waals surface area contributed by atoms with Gasteiger partial charge in [-0.25, -0.2) is 8.42 Å². The highest BCUT2D eigenvalue weighted by Gasteiger charge is 2.09. The Morgan fingerprint density at radius 1 is 1.00 bits per heavy atom. The summed E-state index contributed by atoms with van der Waals surface area (Å²) in [6.45, 7) is 0.232. The molecule has 3 aromatic rings. The van der Waals surface area contributed by atoms with Gasteiger partial charge in [0, 0.05) is 21.8 Å². The lowest BCUT2D eigenvalue weighted by Crippen LogP contribution is -2.22. The van der Waals surface area contributed by atoms with E-state index in [0.717, 1.165) is 11.8 Å². The van der Waals surface area contributed by atoms with E-state index in [1.54, 1.807) is 30.3 Å². The number of hydrogen-bond donors (Lipinski definition) is 2. The maximum Gasteiger partial charge on any atom is 0.251 e. The average molecular weight is 405 g/mol. The minimum absolute atomic E-state index is 0.232. The van der Waals surface area contributed by atoms with E-state index in [-0.39, 0.29) is 12.5 Å². The number of amides is 1. The molecule has 0 unspecified atom stereocenters. The van der Waals surface area contributed by atoms with Gasteiger partial charge in [-0.2, -0.15) is 0 Å². The molecular weight excluding hydrogens is 388 g/mol. The van der Waals surface area contributed by atoms with E-state index < -0.39 is 10.0 Å². The van der Waals surface area contributed by atoms with E-state index in [2.05, 4.69) is 10.0 Å². The van der Waals surface area contributed by atoms with Crippen LogP contribution in [0.3, 0.4) is 0 Å². The fraction of sp³-hybridized carbons (Fsp3) is 0.105. The molecule has 6 nitrogen and oxygen atoms in total. The highest BCUT2D eigenvalue weighted by molar-refractivity contribution is 7.92. The molecule has 0 spiro atoms. The largest absolute Gasteiger partial charge is 0.459 e. The van der Waals surface area contributed by atoms with E-state index in [9.17, 15) is 13.2 Å². The molecule has 0 radical (unpaired) electrons. The topological polar surface area (TPSA) is 88.4 Å². The molecule has 2 N–H and O–H groups in total. The number of benzene rings is 2. The summed E-state index contributed by atoms with van der Waals surface area (Å²) in [6, 6.07) is 17.1. The number of furan rings is 1. The number of hydrogen-bond acceptors (Lipinski definition) is 4. The van der Waals surface area contributed by atoms with Gasteiger partial charge in [0.15, 0.2) is 0 Å². The Morgan fingerprint density at radius 2 is 1.67 bits per heavy atom. The molecule has 0 saturated carbocycles. The third-order valence-corrected chi connectivity index (χ3v) is 4.52. The monoisotopic (exact) mass is 404 g/mol. The van der Waals surface area contributed by atoms with E-state index >= 15 is 0 Å². The quantitative estimate of drug-likeness (QED) is 0.652. The number of nitrogens with one attached hydrogen (secondary N) is 2. The highest BCUT2D eigenvalue weighted by atomic mass is 35.5. The maximum absolute atomic E-state index is 12.2. The number of rotatable bonds is 6. The molecule has 2 aromatic carbocycles. The van der Waals surface area contributed by atoms with Gasteiger partial charge in [0.25, 0.3) is 5.91 Å². The molecule has 0 atom stereocenters. The number of sulfonamides is 1. The number of carbonyl (C=O) groups excluding carboxylic acids is 1. The van der Waals surface area contributed by atoms with Gasteiger partial charge < -0.3 is 9.73 Å². The fourth-order valence-corrected chi connectivity index (χ4v) is 3.11. The first-order chi connectivity index (χ1) is 12.8. The van der Waals surface area contributed by atoms with Crippen LogP contribution < -0.4 is 10.0 Å². The molecule has 27 heavy (non-hydrogen) atoms. The van der Waals surface area contributed by atoms with Crippen molar-refractivity contribution in [1.29, 1.82) is 0 Å². The van der Waals surface area contributed by atoms with Crippen molar-refractivity contribution in [2.45, 2.75) is 6.54 Å². The summed E-state index contributed by atoms with van der Waals surface area (Å²) in [5.74, 6) is 1.01. The first kappa shape index (κ1) is 19.0. The summed E-state index contributed by atoms with van der Waals surface area (Å²) in [4.78, 5) is 12.2.